The zero-order valence-corrected chi connectivity index (χ0v) is 76.1. The molecular weight excluding hydrogens is 1770 g/mol. The first-order chi connectivity index (χ1) is 60.6. The third-order valence-electron chi connectivity index (χ3n) is 18.5. The molecule has 31 nitrogen and oxygen atoms in total. The second-order valence-electron chi connectivity index (χ2n) is 27.9. The molecule has 14 rings (SSSR count). The van der Waals surface area contributed by atoms with E-state index >= 15 is 0 Å². The first-order valence-corrected chi connectivity index (χ1v) is 42.9. The van der Waals surface area contributed by atoms with Crippen molar-refractivity contribution in [3.8, 4) is 33.4 Å². The van der Waals surface area contributed by atoms with E-state index in [1.165, 1.54) is 52.9 Å². The molecule has 0 aliphatic carbocycles. The van der Waals surface area contributed by atoms with Gasteiger partial charge in [0.25, 0.3) is 0 Å². The third kappa shape index (κ3) is 37.5. The van der Waals surface area contributed by atoms with E-state index < -0.39 is 23.9 Å². The van der Waals surface area contributed by atoms with Crippen LogP contribution in [-0.4, -0.2) is 266 Å². The molecule has 38 heteroatoms. The van der Waals surface area contributed by atoms with Gasteiger partial charge in [0.2, 0.25) is 11.8 Å². The summed E-state index contributed by atoms with van der Waals surface area (Å²) in [4.78, 5) is 96.2. The van der Waals surface area contributed by atoms with E-state index in [2.05, 4.69) is 99.7 Å². The molecule has 4 unspecified atom stereocenters. The zero-order chi connectivity index (χ0) is 92.5. The fraction of sp³-hybridized carbons (Fsp3) is 0.386. The fourth-order valence-corrected chi connectivity index (χ4v) is 13.7. The second kappa shape index (κ2) is 59.6. The highest BCUT2D eigenvalue weighted by Gasteiger charge is 2.31. The van der Waals surface area contributed by atoms with E-state index in [1.54, 1.807) is 31.1 Å². The van der Waals surface area contributed by atoms with Gasteiger partial charge < -0.3 is 97.2 Å². The molecule has 5 fully saturated rings. The van der Waals surface area contributed by atoms with Crippen LogP contribution in [0.3, 0.4) is 0 Å². The van der Waals surface area contributed by atoms with Crippen molar-refractivity contribution < 1.29 is 73.2 Å². The van der Waals surface area contributed by atoms with Crippen LogP contribution in [0.25, 0.3) is 66.1 Å². The standard InChI is InChI=1S/C23H22Cl2N4O2.C20H20Cl2N4O.C14H7Cl3N2.C7H12N2O3.C6H14N2O.C6H8O4.C4H8O.C3H4O2.C3H8O.C2H8N2/c1-2-22(31)29-9-8-28(13-17(29)7-10-30)23-19-11-18(15-3-5-16(24)6-4-15)20(25)12-21(19)26-14-27-23;21-14-3-1-13(2-4-14)16-9-17-19(10-18(16)22)24-12-25-20(17)26-7-6-23-15(11-26)5-8-27;15-9-3-1-8(2-4-9)10-5-11-13(6-12(10)16)18-7-19-14(11)17;1-12-6(10)4-5-7(11)9-3-2-8-5;9-4-1-6-5-7-2-3-8-6;1-9-5(7)3-4-6(8)10-2;1-2-4-5-3-1;1-2-3(4)5;1-3(2)4;3-1-2-4/h2-6,11-12,14,17,30H,1,7-10,13H2;1-4,9-10,12,15,23,27H,5-8,11H2;1-7H;5,8H,2-4H2,1H3,(H,9,11);6-9H,1-5H2;3-4H,1-2H3;1-4H2;2H,1H2,(H,4,5);3-4H,1-2H3;1-4H2/b;;;;;4-3-;;;;. The maximum absolute atomic E-state index is 12.2. The van der Waals surface area contributed by atoms with Gasteiger partial charge in [-0.1, -0.05) is 131 Å². The van der Waals surface area contributed by atoms with Crippen LogP contribution in [0, 0.1) is 0 Å². The Morgan fingerprint density at radius 2 is 0.976 bits per heavy atom. The number of aliphatic carboxylic acids is 1. The van der Waals surface area contributed by atoms with Gasteiger partial charge in [-0.2, -0.15) is 0 Å². The number of amides is 2. The van der Waals surface area contributed by atoms with Crippen molar-refractivity contribution in [3.05, 3.63) is 201 Å². The first kappa shape index (κ1) is 107. The molecule has 5 aliphatic rings. The number of anilines is 2. The lowest BCUT2D eigenvalue weighted by atomic mass is 10.0. The molecule has 6 aromatic carbocycles. The SMILES string of the molecule is C1CCOC1.C=CC(=O)N1CCN(c2ncnc3cc(Cl)c(-c4ccc(Cl)cc4)cc23)CC1CCO.C=CC(=O)O.CC(C)O.COC(=O)/C=C\C(=O)OC.COC(=O)CC1NCCNC1=O.Clc1ccc(-c2cc3c(Cl)ncnc3cc2Cl)cc1.NCCN.OCCC1CN(c2ncnc3cc(Cl)c(-c4ccc(Cl)cc4)cc23)CCN1.OCCC1CNCCN1. The number of hydrogen-bond acceptors (Lipinski definition) is 28. The van der Waals surface area contributed by atoms with Crippen molar-refractivity contribution in [1.29, 1.82) is 0 Å². The van der Waals surface area contributed by atoms with Gasteiger partial charge in [-0.25, -0.2) is 44.3 Å². The van der Waals surface area contributed by atoms with Gasteiger partial charge in [0.05, 0.1) is 71.5 Å². The minimum absolute atomic E-state index is 0.000272. The Labute approximate surface area is 768 Å². The Morgan fingerprint density at radius 3 is 1.37 bits per heavy atom. The van der Waals surface area contributed by atoms with Crippen molar-refractivity contribution in [3.63, 3.8) is 0 Å². The zero-order valence-electron chi connectivity index (χ0n) is 70.8. The number of halogens is 7. The average molecular weight is 1880 g/mol. The topological polar surface area (TPSA) is 440 Å². The fourth-order valence-electron chi connectivity index (χ4n) is 12.4. The molecule has 0 spiro atoms. The number of carbonyl (C=O) groups is 6. The normalized spacial score (nSPS) is 16.2. The number of nitrogens with one attached hydrogen (secondary N) is 5. The summed E-state index contributed by atoms with van der Waals surface area (Å²) >= 11 is 43.4. The van der Waals surface area contributed by atoms with E-state index in [4.69, 9.17) is 113 Å². The number of esters is 3. The highest BCUT2D eigenvalue weighted by atomic mass is 35.5. The Balaban J connectivity index is 0.000000269. The monoisotopic (exact) mass is 1880 g/mol. The minimum atomic E-state index is -0.981. The van der Waals surface area contributed by atoms with Crippen LogP contribution in [0.15, 0.2) is 166 Å². The number of aliphatic hydroxyl groups excluding tert-OH is 4. The van der Waals surface area contributed by atoms with E-state index in [9.17, 15) is 39.0 Å². The number of carbonyl (C=O) groups excluding carboxylic acids is 5. The number of rotatable bonds is 18. The number of benzene rings is 6. The van der Waals surface area contributed by atoms with Gasteiger partial charge in [-0.05, 0) is 142 Å². The van der Waals surface area contributed by atoms with Crippen LogP contribution in [0.1, 0.15) is 52.4 Å². The average Bonchev–Trinajstić information content (AvgIpc) is 0.810. The number of ether oxygens (including phenoxy) is 4. The molecule has 0 radical (unpaired) electrons. The maximum Gasteiger partial charge on any atom is 0.330 e. The van der Waals surface area contributed by atoms with Crippen molar-refractivity contribution in [2.45, 2.75) is 82.6 Å². The van der Waals surface area contributed by atoms with Crippen LogP contribution in [-0.2, 0) is 47.7 Å². The smallest absolute Gasteiger partial charge is 0.330 e. The van der Waals surface area contributed by atoms with Crippen LogP contribution in [0.5, 0.6) is 0 Å². The van der Waals surface area contributed by atoms with Gasteiger partial charge in [-0.15, -0.1) is 0 Å². The number of carboxylic acid groups (broad SMARTS) is 1. The highest BCUT2D eigenvalue weighted by Crippen LogP contribution is 2.39. The Hall–Kier alpha value is -9.43. The predicted molar refractivity (Wildman–Crippen MR) is 500 cm³/mol. The molecule has 4 atom stereocenters. The quantitative estimate of drug-likeness (QED) is 0.0164. The number of methoxy groups -OCH3 is 3. The minimum Gasteiger partial charge on any atom is -0.478 e. The lowest BCUT2D eigenvalue weighted by Crippen LogP contribution is -2.55. The van der Waals surface area contributed by atoms with Crippen molar-refractivity contribution in [2.24, 2.45) is 11.5 Å². The van der Waals surface area contributed by atoms with E-state index in [1.807, 2.05) is 97.1 Å². The number of hydrogen-bond donors (Lipinski definition) is 12. The van der Waals surface area contributed by atoms with Crippen LogP contribution in [0.2, 0.25) is 35.3 Å². The molecule has 14 N–H and O–H groups in total. The second-order valence-corrected chi connectivity index (χ2v) is 30.8. The summed E-state index contributed by atoms with van der Waals surface area (Å²) in [6.07, 6.45) is 13.2. The summed E-state index contributed by atoms with van der Waals surface area (Å²) in [5, 5.41) is 65.4. The molecule has 9 aromatic rings. The van der Waals surface area contributed by atoms with Crippen molar-refractivity contribution in [2.75, 3.05) is 149 Å². The van der Waals surface area contributed by atoms with Crippen LogP contribution in [0.4, 0.5) is 11.6 Å². The van der Waals surface area contributed by atoms with E-state index in [0.29, 0.717) is 100 Å². The van der Waals surface area contributed by atoms with Gasteiger partial charge in [-0.3, -0.25) is 14.4 Å². The molecule has 3 aromatic heterocycles. The van der Waals surface area contributed by atoms with Gasteiger partial charge in [0, 0.05) is 202 Å². The summed E-state index contributed by atoms with van der Waals surface area (Å²) in [7, 11) is 3.76. The van der Waals surface area contributed by atoms with Gasteiger partial charge in [0.15, 0.2) is 0 Å². The number of nitrogens with zero attached hydrogens (tertiary/aromatic N) is 9. The lowest BCUT2D eigenvalue weighted by Gasteiger charge is -2.41. The molecule has 5 saturated heterocycles. The molecule has 2 amide bonds. The Kier molecular flexibility index (Phi) is 50.6. The number of fused-ring (bicyclic) bond motifs is 3. The van der Waals surface area contributed by atoms with E-state index in [0.717, 1.165) is 161 Å². The summed E-state index contributed by atoms with van der Waals surface area (Å²) in [5.74, 6) is -1.08. The third-order valence-corrected chi connectivity index (χ3v) is 20.5. The number of nitrogens with two attached hydrogens (primary N) is 2. The molecule has 682 valence electrons. The van der Waals surface area contributed by atoms with Crippen molar-refractivity contribution >= 4 is 161 Å². The summed E-state index contributed by atoms with van der Waals surface area (Å²) in [6, 6.07) is 34.2. The molecule has 5 aliphatic heterocycles. The lowest BCUT2D eigenvalue weighted by molar-refractivity contribution is -0.143. The first-order valence-electron chi connectivity index (χ1n) is 40.2. The van der Waals surface area contributed by atoms with Crippen LogP contribution >= 0.6 is 81.2 Å². The molecule has 0 saturated carbocycles. The van der Waals surface area contributed by atoms with Crippen molar-refractivity contribution in [1.82, 2.24) is 61.4 Å². The Morgan fingerprint density at radius 1 is 0.548 bits per heavy atom. The Bertz CT molecular complexity index is 4880. The molecule has 8 heterocycles. The summed E-state index contributed by atoms with van der Waals surface area (Å²) in [5.41, 5.74) is 17.7. The number of carboxylic acids is 1. The molecule has 0 bridgehead atoms. The number of piperazine rings is 4. The largest absolute Gasteiger partial charge is 0.478 e. The van der Waals surface area contributed by atoms with Gasteiger partial charge in [0.1, 0.15) is 35.8 Å². The predicted octanol–water partition coefficient (Wildman–Crippen LogP) is 11.0. The maximum atomic E-state index is 12.2. The number of aliphatic hydroxyl groups is 4. The van der Waals surface area contributed by atoms with E-state index in [-0.39, 0.29) is 55.6 Å². The van der Waals surface area contributed by atoms with Crippen LogP contribution < -0.4 is 47.9 Å². The molecule has 126 heavy (non-hydrogen) atoms. The van der Waals surface area contributed by atoms with Gasteiger partial charge >= 0.3 is 23.9 Å². The summed E-state index contributed by atoms with van der Waals surface area (Å²) in [6.45, 7) is 22.3. The summed E-state index contributed by atoms with van der Waals surface area (Å²) < 4.78 is 17.8. The highest BCUT2D eigenvalue weighted by molar-refractivity contribution is 6.37. The molecular formula is C88H111Cl7N16O15. The number of aromatic nitrogens is 6.